The molecule has 0 saturated carbocycles. The summed E-state index contributed by atoms with van der Waals surface area (Å²) in [6.45, 7) is 5.17. The van der Waals surface area contributed by atoms with Gasteiger partial charge in [0.15, 0.2) is 0 Å². The minimum absolute atomic E-state index is 0. The Balaban J connectivity index is 0.00000161. The number of nitrogens with one attached hydrogen (secondary N) is 1. The molecule has 0 aliphatic carbocycles. The van der Waals surface area contributed by atoms with E-state index in [2.05, 4.69) is 26.2 Å². The molecule has 0 atom stereocenters. The van der Waals surface area contributed by atoms with Crippen LogP contribution in [0.25, 0.3) is 10.9 Å². The van der Waals surface area contributed by atoms with E-state index in [0.717, 1.165) is 52.8 Å². The van der Waals surface area contributed by atoms with Crippen molar-refractivity contribution in [3.05, 3.63) is 40.0 Å². The summed E-state index contributed by atoms with van der Waals surface area (Å²) in [5.74, 6) is 0.101. The summed E-state index contributed by atoms with van der Waals surface area (Å²) in [5.41, 5.74) is 2.48. The van der Waals surface area contributed by atoms with Gasteiger partial charge >= 0.3 is 0 Å². The van der Waals surface area contributed by atoms with Crippen LogP contribution in [0.3, 0.4) is 0 Å². The summed E-state index contributed by atoms with van der Waals surface area (Å²) in [7, 11) is 0. The van der Waals surface area contributed by atoms with Gasteiger partial charge < -0.3 is 10.2 Å². The van der Waals surface area contributed by atoms with Crippen molar-refractivity contribution in [3.8, 4) is 0 Å². The molecule has 1 aromatic carbocycles. The number of carbonyl (C=O) groups is 1. The molecular formula is C15H17BrClN3O. The fourth-order valence-corrected chi connectivity index (χ4v) is 2.90. The van der Waals surface area contributed by atoms with Gasteiger partial charge in [-0.1, -0.05) is 22.0 Å². The van der Waals surface area contributed by atoms with Crippen LogP contribution in [0, 0.1) is 6.92 Å². The third kappa shape index (κ3) is 3.36. The first kappa shape index (κ1) is 16.2. The Hall–Kier alpha value is -1.17. The maximum Gasteiger partial charge on any atom is 0.254 e. The van der Waals surface area contributed by atoms with Crippen molar-refractivity contribution in [1.29, 1.82) is 0 Å². The zero-order chi connectivity index (χ0) is 14.1. The van der Waals surface area contributed by atoms with Crippen LogP contribution in [-0.2, 0) is 0 Å². The molecule has 1 fully saturated rings. The second-order valence-corrected chi connectivity index (χ2v) is 5.93. The molecule has 1 aliphatic heterocycles. The summed E-state index contributed by atoms with van der Waals surface area (Å²) < 4.78 is 0.976. The Morgan fingerprint density at radius 2 is 2.00 bits per heavy atom. The summed E-state index contributed by atoms with van der Waals surface area (Å²) in [4.78, 5) is 19.1. The van der Waals surface area contributed by atoms with Gasteiger partial charge in [0, 0.05) is 41.7 Å². The lowest BCUT2D eigenvalue weighted by Crippen LogP contribution is -2.46. The summed E-state index contributed by atoms with van der Waals surface area (Å²) >= 11 is 3.45. The average molecular weight is 371 g/mol. The molecule has 2 heterocycles. The molecule has 1 aromatic heterocycles. The summed E-state index contributed by atoms with van der Waals surface area (Å²) in [6.07, 6.45) is 0. The van der Waals surface area contributed by atoms with Crippen molar-refractivity contribution in [2.45, 2.75) is 6.92 Å². The number of hydrogen-bond donors (Lipinski definition) is 1. The number of carbonyl (C=O) groups excluding carboxylic acids is 1. The molecule has 112 valence electrons. The topological polar surface area (TPSA) is 45.2 Å². The standard InChI is InChI=1S/C15H16BrN3O.ClH/c1-10-8-13(15(20)19-6-4-17-5-7-19)12-3-2-11(16)9-14(12)18-10;/h2-3,8-9,17H,4-7H2,1H3;1H. The number of pyridine rings is 1. The van der Waals surface area contributed by atoms with E-state index in [1.165, 1.54) is 0 Å². The van der Waals surface area contributed by atoms with E-state index in [-0.39, 0.29) is 18.3 Å². The second kappa shape index (κ2) is 6.73. The van der Waals surface area contributed by atoms with Gasteiger partial charge in [0.25, 0.3) is 5.91 Å². The molecule has 21 heavy (non-hydrogen) atoms. The number of benzene rings is 1. The third-order valence-corrected chi connectivity index (χ3v) is 4.03. The number of rotatable bonds is 1. The summed E-state index contributed by atoms with van der Waals surface area (Å²) in [6, 6.07) is 7.76. The zero-order valence-electron chi connectivity index (χ0n) is 11.7. The lowest BCUT2D eigenvalue weighted by Gasteiger charge is -2.28. The van der Waals surface area contributed by atoms with Gasteiger partial charge in [-0.15, -0.1) is 12.4 Å². The van der Waals surface area contributed by atoms with Gasteiger partial charge in [-0.05, 0) is 25.1 Å². The number of amides is 1. The number of aromatic nitrogens is 1. The van der Waals surface area contributed by atoms with Crippen LogP contribution in [0.15, 0.2) is 28.7 Å². The monoisotopic (exact) mass is 369 g/mol. The molecular weight excluding hydrogens is 354 g/mol. The van der Waals surface area contributed by atoms with Gasteiger partial charge in [0.2, 0.25) is 0 Å². The van der Waals surface area contributed by atoms with E-state index in [1.54, 1.807) is 0 Å². The minimum Gasteiger partial charge on any atom is -0.336 e. The second-order valence-electron chi connectivity index (χ2n) is 5.01. The molecule has 0 bridgehead atoms. The molecule has 2 aromatic rings. The van der Waals surface area contributed by atoms with Crippen LogP contribution in [-0.4, -0.2) is 42.0 Å². The largest absolute Gasteiger partial charge is 0.336 e. The lowest BCUT2D eigenvalue weighted by molar-refractivity contribution is 0.0737. The van der Waals surface area contributed by atoms with Crippen LogP contribution in [0.5, 0.6) is 0 Å². The van der Waals surface area contributed by atoms with E-state index in [4.69, 9.17) is 0 Å². The van der Waals surface area contributed by atoms with Crippen LogP contribution >= 0.6 is 28.3 Å². The summed E-state index contributed by atoms with van der Waals surface area (Å²) in [5, 5.41) is 4.18. The maximum absolute atomic E-state index is 12.7. The normalized spacial score (nSPS) is 14.9. The van der Waals surface area contributed by atoms with E-state index >= 15 is 0 Å². The molecule has 3 rings (SSSR count). The number of halogens is 2. The number of nitrogens with zero attached hydrogens (tertiary/aromatic N) is 2. The number of piperazine rings is 1. The van der Waals surface area contributed by atoms with Crippen molar-refractivity contribution in [2.75, 3.05) is 26.2 Å². The highest BCUT2D eigenvalue weighted by Crippen LogP contribution is 2.23. The third-order valence-electron chi connectivity index (χ3n) is 3.53. The minimum atomic E-state index is 0. The highest BCUT2D eigenvalue weighted by molar-refractivity contribution is 9.10. The first-order chi connectivity index (χ1) is 9.65. The van der Waals surface area contributed by atoms with Crippen molar-refractivity contribution in [1.82, 2.24) is 15.2 Å². The Kier molecular flexibility index (Phi) is 5.19. The highest BCUT2D eigenvalue weighted by Gasteiger charge is 2.20. The Bertz CT molecular complexity index is 666. The molecule has 4 nitrogen and oxygen atoms in total. The molecule has 1 N–H and O–H groups in total. The van der Waals surface area contributed by atoms with Crippen molar-refractivity contribution >= 4 is 45.1 Å². The number of aryl methyl sites for hydroxylation is 1. The molecule has 1 saturated heterocycles. The molecule has 0 spiro atoms. The SMILES string of the molecule is Cc1cc(C(=O)N2CCNCC2)c2ccc(Br)cc2n1.Cl. The molecule has 1 aliphatic rings. The van der Waals surface area contributed by atoms with Gasteiger partial charge in [-0.2, -0.15) is 0 Å². The molecule has 0 unspecified atom stereocenters. The average Bonchev–Trinajstić information content (AvgIpc) is 2.46. The van der Waals surface area contributed by atoms with Gasteiger partial charge in [-0.3, -0.25) is 9.78 Å². The van der Waals surface area contributed by atoms with Crippen LogP contribution in [0.1, 0.15) is 16.1 Å². The quantitative estimate of drug-likeness (QED) is 0.839. The van der Waals surface area contributed by atoms with Crippen molar-refractivity contribution in [2.24, 2.45) is 0 Å². The van der Waals surface area contributed by atoms with Crippen LogP contribution < -0.4 is 5.32 Å². The first-order valence-corrected chi connectivity index (χ1v) is 7.51. The van der Waals surface area contributed by atoms with E-state index < -0.39 is 0 Å². The molecule has 0 radical (unpaired) electrons. The number of fused-ring (bicyclic) bond motifs is 1. The Morgan fingerprint density at radius 3 is 2.71 bits per heavy atom. The smallest absolute Gasteiger partial charge is 0.254 e. The zero-order valence-corrected chi connectivity index (χ0v) is 14.1. The van der Waals surface area contributed by atoms with Crippen molar-refractivity contribution in [3.63, 3.8) is 0 Å². The van der Waals surface area contributed by atoms with E-state index in [9.17, 15) is 4.79 Å². The van der Waals surface area contributed by atoms with Gasteiger partial charge in [-0.25, -0.2) is 0 Å². The fraction of sp³-hybridized carbons (Fsp3) is 0.333. The Morgan fingerprint density at radius 1 is 1.29 bits per heavy atom. The fourth-order valence-electron chi connectivity index (χ4n) is 2.55. The van der Waals surface area contributed by atoms with Gasteiger partial charge in [0.1, 0.15) is 0 Å². The molecule has 1 amide bonds. The van der Waals surface area contributed by atoms with Gasteiger partial charge in [0.05, 0.1) is 11.1 Å². The molecule has 6 heteroatoms. The number of hydrogen-bond acceptors (Lipinski definition) is 3. The van der Waals surface area contributed by atoms with Crippen LogP contribution in [0.4, 0.5) is 0 Å². The Labute approximate surface area is 138 Å². The lowest BCUT2D eigenvalue weighted by atomic mass is 10.1. The predicted octanol–water partition coefficient (Wildman–Crippen LogP) is 2.77. The van der Waals surface area contributed by atoms with Crippen molar-refractivity contribution < 1.29 is 4.79 Å². The highest BCUT2D eigenvalue weighted by atomic mass is 79.9. The van der Waals surface area contributed by atoms with E-state index in [0.29, 0.717) is 0 Å². The predicted molar refractivity (Wildman–Crippen MR) is 90.2 cm³/mol. The maximum atomic E-state index is 12.7. The van der Waals surface area contributed by atoms with E-state index in [1.807, 2.05) is 36.1 Å². The first-order valence-electron chi connectivity index (χ1n) is 6.72. The van der Waals surface area contributed by atoms with Crippen LogP contribution in [0.2, 0.25) is 0 Å².